The first kappa shape index (κ1) is 18.9. The van der Waals surface area contributed by atoms with Crippen molar-refractivity contribution in [3.63, 3.8) is 0 Å². The maximum Gasteiger partial charge on any atom is 0.0949 e. The summed E-state index contributed by atoms with van der Waals surface area (Å²) < 4.78 is 2.07. The molecule has 2 aromatic carbocycles. The highest BCUT2D eigenvalue weighted by molar-refractivity contribution is 5.85. The van der Waals surface area contributed by atoms with E-state index in [2.05, 4.69) is 61.5 Å². The fourth-order valence-electron chi connectivity index (χ4n) is 3.00. The first-order chi connectivity index (χ1) is 12.9. The number of aromatic nitrogens is 4. The van der Waals surface area contributed by atoms with E-state index in [1.807, 2.05) is 36.9 Å². The van der Waals surface area contributed by atoms with Crippen LogP contribution >= 0.6 is 12.4 Å². The Kier molecular flexibility index (Phi) is 6.41. The Morgan fingerprint density at radius 3 is 2.44 bits per heavy atom. The molecule has 138 valence electrons. The molecule has 4 aromatic rings. The van der Waals surface area contributed by atoms with Crippen LogP contribution < -0.4 is 5.32 Å². The number of rotatable bonds is 7. The molecule has 2 heterocycles. The van der Waals surface area contributed by atoms with Crippen LogP contribution in [0.2, 0.25) is 0 Å². The number of H-pyrrole nitrogens is 1. The van der Waals surface area contributed by atoms with E-state index in [4.69, 9.17) is 0 Å². The number of nitrogens with zero attached hydrogens (tertiary/aromatic N) is 3. The number of nitrogens with one attached hydrogen (secondary N) is 2. The van der Waals surface area contributed by atoms with Crippen LogP contribution in [0.25, 0.3) is 11.3 Å². The summed E-state index contributed by atoms with van der Waals surface area (Å²) in [6.07, 6.45) is 7.51. The van der Waals surface area contributed by atoms with Gasteiger partial charge in [0.25, 0.3) is 0 Å². The number of halogens is 1. The minimum Gasteiger partial charge on any atom is -0.333 e. The van der Waals surface area contributed by atoms with E-state index in [1.165, 1.54) is 16.7 Å². The van der Waals surface area contributed by atoms with Crippen molar-refractivity contribution < 1.29 is 0 Å². The van der Waals surface area contributed by atoms with Crippen molar-refractivity contribution in [1.29, 1.82) is 0 Å². The molecule has 2 N–H and O–H groups in total. The molecule has 0 aliphatic rings. The summed E-state index contributed by atoms with van der Waals surface area (Å²) in [6, 6.07) is 19.0. The zero-order valence-corrected chi connectivity index (χ0v) is 15.7. The van der Waals surface area contributed by atoms with Crippen LogP contribution in [0.3, 0.4) is 0 Å². The number of imidazole rings is 1. The highest BCUT2D eigenvalue weighted by Crippen LogP contribution is 2.20. The van der Waals surface area contributed by atoms with Gasteiger partial charge in [0.1, 0.15) is 0 Å². The molecule has 4 rings (SSSR count). The van der Waals surface area contributed by atoms with E-state index in [0.717, 1.165) is 30.9 Å². The van der Waals surface area contributed by atoms with Crippen molar-refractivity contribution in [3.05, 3.63) is 96.2 Å². The number of benzene rings is 2. The SMILES string of the molecule is Cl.c1ccc(-c2[nH]ncc2CNCc2ccc(Cn3ccnc3)cc2)cc1. The van der Waals surface area contributed by atoms with E-state index < -0.39 is 0 Å². The molecule has 0 spiro atoms. The standard InChI is InChI=1S/C21H21N5.ClH/c1-2-4-19(5-3-1)21-20(14-24-25-21)13-23-12-17-6-8-18(9-7-17)15-26-11-10-22-16-26;/h1-11,14,16,23H,12-13,15H2,(H,24,25);1H. The highest BCUT2D eigenvalue weighted by Gasteiger charge is 2.06. The Bertz CT molecular complexity index is 930. The monoisotopic (exact) mass is 379 g/mol. The Morgan fingerprint density at radius 1 is 0.926 bits per heavy atom. The largest absolute Gasteiger partial charge is 0.333 e. The van der Waals surface area contributed by atoms with Gasteiger partial charge in [0, 0.05) is 37.6 Å². The lowest BCUT2D eigenvalue weighted by Gasteiger charge is -2.08. The van der Waals surface area contributed by atoms with E-state index in [9.17, 15) is 0 Å². The second-order valence-corrected chi connectivity index (χ2v) is 6.29. The van der Waals surface area contributed by atoms with Crippen molar-refractivity contribution in [3.8, 4) is 11.3 Å². The molecule has 2 aromatic heterocycles. The molecular formula is C21H22ClN5. The average molecular weight is 380 g/mol. The quantitative estimate of drug-likeness (QED) is 0.509. The van der Waals surface area contributed by atoms with Gasteiger partial charge < -0.3 is 9.88 Å². The van der Waals surface area contributed by atoms with Gasteiger partial charge in [-0.15, -0.1) is 12.4 Å². The Hall–Kier alpha value is -2.89. The van der Waals surface area contributed by atoms with Gasteiger partial charge in [-0.25, -0.2) is 4.98 Å². The van der Waals surface area contributed by atoms with Crippen LogP contribution in [0.4, 0.5) is 0 Å². The topological polar surface area (TPSA) is 58.5 Å². The number of aromatic amines is 1. The lowest BCUT2D eigenvalue weighted by atomic mass is 10.1. The van der Waals surface area contributed by atoms with Gasteiger partial charge in [-0.05, 0) is 16.7 Å². The van der Waals surface area contributed by atoms with Crippen LogP contribution in [-0.4, -0.2) is 19.7 Å². The second kappa shape index (κ2) is 9.16. The van der Waals surface area contributed by atoms with E-state index in [0.29, 0.717) is 0 Å². The van der Waals surface area contributed by atoms with Gasteiger partial charge in [0.05, 0.1) is 18.2 Å². The van der Waals surface area contributed by atoms with Gasteiger partial charge in [-0.3, -0.25) is 5.10 Å². The summed E-state index contributed by atoms with van der Waals surface area (Å²) >= 11 is 0. The summed E-state index contributed by atoms with van der Waals surface area (Å²) in [6.45, 7) is 2.45. The fourth-order valence-corrected chi connectivity index (χ4v) is 3.00. The van der Waals surface area contributed by atoms with E-state index >= 15 is 0 Å². The zero-order valence-electron chi connectivity index (χ0n) is 14.9. The Labute approximate surface area is 164 Å². The van der Waals surface area contributed by atoms with Crippen LogP contribution in [-0.2, 0) is 19.6 Å². The van der Waals surface area contributed by atoms with Crippen LogP contribution in [0.5, 0.6) is 0 Å². The zero-order chi connectivity index (χ0) is 17.6. The first-order valence-electron chi connectivity index (χ1n) is 8.70. The maximum absolute atomic E-state index is 4.20. The molecule has 0 aliphatic heterocycles. The molecule has 6 heteroatoms. The maximum atomic E-state index is 4.20. The Morgan fingerprint density at radius 2 is 1.70 bits per heavy atom. The molecule has 0 fully saturated rings. The van der Waals surface area contributed by atoms with E-state index in [-0.39, 0.29) is 12.4 Å². The predicted molar refractivity (Wildman–Crippen MR) is 110 cm³/mol. The van der Waals surface area contributed by atoms with Crippen LogP contribution in [0.1, 0.15) is 16.7 Å². The molecule has 0 amide bonds. The third-order valence-electron chi connectivity index (χ3n) is 4.37. The molecule has 0 atom stereocenters. The molecule has 0 aliphatic carbocycles. The minimum absolute atomic E-state index is 0. The van der Waals surface area contributed by atoms with Crippen LogP contribution in [0.15, 0.2) is 79.5 Å². The van der Waals surface area contributed by atoms with Crippen molar-refractivity contribution in [2.24, 2.45) is 0 Å². The Balaban J connectivity index is 0.00000210. The fraction of sp³-hybridized carbons (Fsp3) is 0.143. The third-order valence-corrected chi connectivity index (χ3v) is 4.37. The van der Waals surface area contributed by atoms with Crippen molar-refractivity contribution >= 4 is 12.4 Å². The normalized spacial score (nSPS) is 10.5. The molecular weight excluding hydrogens is 358 g/mol. The highest BCUT2D eigenvalue weighted by atomic mass is 35.5. The molecule has 0 bridgehead atoms. The van der Waals surface area contributed by atoms with Gasteiger partial charge in [-0.1, -0.05) is 54.6 Å². The van der Waals surface area contributed by atoms with E-state index in [1.54, 1.807) is 6.20 Å². The number of hydrogen-bond acceptors (Lipinski definition) is 3. The molecule has 0 unspecified atom stereocenters. The molecule has 0 saturated heterocycles. The van der Waals surface area contributed by atoms with Gasteiger partial charge >= 0.3 is 0 Å². The lowest BCUT2D eigenvalue weighted by Crippen LogP contribution is -2.13. The minimum atomic E-state index is 0. The second-order valence-electron chi connectivity index (χ2n) is 6.29. The summed E-state index contributed by atoms with van der Waals surface area (Å²) in [5, 5.41) is 10.8. The average Bonchev–Trinajstić information content (AvgIpc) is 3.36. The molecule has 0 saturated carbocycles. The lowest BCUT2D eigenvalue weighted by molar-refractivity contribution is 0.694. The van der Waals surface area contributed by atoms with Crippen molar-refractivity contribution in [2.45, 2.75) is 19.6 Å². The predicted octanol–water partition coefficient (Wildman–Crippen LogP) is 4.03. The van der Waals surface area contributed by atoms with Gasteiger partial charge in [0.2, 0.25) is 0 Å². The summed E-state index contributed by atoms with van der Waals surface area (Å²) in [7, 11) is 0. The van der Waals surface area contributed by atoms with Gasteiger partial charge in [-0.2, -0.15) is 5.10 Å². The molecule has 5 nitrogen and oxygen atoms in total. The summed E-state index contributed by atoms with van der Waals surface area (Å²) in [5.74, 6) is 0. The molecule has 0 radical (unpaired) electrons. The summed E-state index contributed by atoms with van der Waals surface area (Å²) in [4.78, 5) is 4.08. The summed E-state index contributed by atoms with van der Waals surface area (Å²) in [5.41, 5.74) is 5.95. The van der Waals surface area contributed by atoms with Crippen molar-refractivity contribution in [1.82, 2.24) is 25.1 Å². The smallest absolute Gasteiger partial charge is 0.0949 e. The van der Waals surface area contributed by atoms with Crippen molar-refractivity contribution in [2.75, 3.05) is 0 Å². The van der Waals surface area contributed by atoms with Crippen LogP contribution in [0, 0.1) is 0 Å². The number of hydrogen-bond donors (Lipinski definition) is 2. The first-order valence-corrected chi connectivity index (χ1v) is 8.70. The third kappa shape index (κ3) is 4.84. The molecule has 27 heavy (non-hydrogen) atoms. The van der Waals surface area contributed by atoms with Gasteiger partial charge in [0.15, 0.2) is 0 Å².